The lowest BCUT2D eigenvalue weighted by atomic mass is 9.92. The molecule has 5 aromatic carbocycles. The average Bonchev–Trinajstić information content (AvgIpc) is 3.42. The molecular formula is C30H19N2. The summed E-state index contributed by atoms with van der Waals surface area (Å²) < 4.78 is 0. The van der Waals surface area contributed by atoms with Crippen LogP contribution in [0.1, 0.15) is 0 Å². The van der Waals surface area contributed by atoms with Gasteiger partial charge in [0.2, 0.25) is 0 Å². The molecule has 149 valence electrons. The van der Waals surface area contributed by atoms with Crippen LogP contribution < -0.4 is 0 Å². The van der Waals surface area contributed by atoms with Gasteiger partial charge < -0.3 is 9.97 Å². The molecule has 2 nitrogen and oxygen atoms in total. The maximum atomic E-state index is 3.66. The van der Waals surface area contributed by atoms with Crippen molar-refractivity contribution in [2.24, 2.45) is 0 Å². The summed E-state index contributed by atoms with van der Waals surface area (Å²) in [5, 5.41) is 5.01. The number of para-hydroxylation sites is 4. The smallest absolute Gasteiger partial charge is 0.0544 e. The SMILES string of the molecule is [c]1ccc(-c2cccc3c2[nH]c2ccccc23)c(-c2cccc3c2[nH]c2ccccc23)c1. The van der Waals surface area contributed by atoms with Gasteiger partial charge in [0.15, 0.2) is 0 Å². The van der Waals surface area contributed by atoms with E-state index in [2.05, 4.69) is 113 Å². The molecule has 0 aliphatic carbocycles. The number of H-pyrrole nitrogens is 2. The fraction of sp³-hybridized carbons (Fsp3) is 0. The van der Waals surface area contributed by atoms with Crippen LogP contribution in [0.2, 0.25) is 0 Å². The number of hydrogen-bond donors (Lipinski definition) is 2. The van der Waals surface area contributed by atoms with Gasteiger partial charge in [-0.2, -0.15) is 0 Å². The summed E-state index contributed by atoms with van der Waals surface area (Å²) in [5.74, 6) is 0. The van der Waals surface area contributed by atoms with E-state index >= 15 is 0 Å². The minimum absolute atomic E-state index is 1.16. The van der Waals surface area contributed by atoms with Gasteiger partial charge in [0.05, 0.1) is 11.0 Å². The van der Waals surface area contributed by atoms with Crippen LogP contribution in [0.4, 0.5) is 0 Å². The fourth-order valence-electron chi connectivity index (χ4n) is 5.08. The Kier molecular flexibility index (Phi) is 3.58. The molecular weight excluding hydrogens is 388 g/mol. The van der Waals surface area contributed by atoms with Gasteiger partial charge in [-0.05, 0) is 35.4 Å². The van der Waals surface area contributed by atoms with E-state index in [-0.39, 0.29) is 0 Å². The predicted molar refractivity (Wildman–Crippen MR) is 135 cm³/mol. The molecule has 0 unspecified atom stereocenters. The van der Waals surface area contributed by atoms with Crippen molar-refractivity contribution in [2.75, 3.05) is 0 Å². The van der Waals surface area contributed by atoms with Crippen LogP contribution in [0, 0.1) is 6.07 Å². The van der Waals surface area contributed by atoms with Crippen molar-refractivity contribution < 1.29 is 0 Å². The Hall–Kier alpha value is -4.30. The molecule has 0 aliphatic rings. The van der Waals surface area contributed by atoms with Crippen LogP contribution >= 0.6 is 0 Å². The summed E-state index contributed by atoms with van der Waals surface area (Å²) in [7, 11) is 0. The second-order valence-electron chi connectivity index (χ2n) is 8.27. The lowest BCUT2D eigenvalue weighted by molar-refractivity contribution is 1.52. The maximum Gasteiger partial charge on any atom is 0.0544 e. The van der Waals surface area contributed by atoms with Crippen LogP contribution in [0.3, 0.4) is 0 Å². The molecule has 0 bridgehead atoms. The van der Waals surface area contributed by atoms with E-state index in [0.29, 0.717) is 0 Å². The molecule has 32 heavy (non-hydrogen) atoms. The molecule has 1 radical (unpaired) electrons. The Bertz CT molecular complexity index is 1650. The van der Waals surface area contributed by atoms with Crippen molar-refractivity contribution in [1.29, 1.82) is 0 Å². The lowest BCUT2D eigenvalue weighted by Crippen LogP contribution is -1.88. The van der Waals surface area contributed by atoms with Crippen molar-refractivity contribution >= 4 is 43.6 Å². The van der Waals surface area contributed by atoms with Gasteiger partial charge in [-0.25, -0.2) is 0 Å². The Morgan fingerprint density at radius 3 is 1.59 bits per heavy atom. The van der Waals surface area contributed by atoms with E-state index in [1.54, 1.807) is 0 Å². The largest absolute Gasteiger partial charge is 0.354 e. The zero-order chi connectivity index (χ0) is 21.1. The van der Waals surface area contributed by atoms with Crippen LogP contribution in [-0.4, -0.2) is 9.97 Å². The highest BCUT2D eigenvalue weighted by Crippen LogP contribution is 2.40. The molecule has 0 saturated carbocycles. The number of fused-ring (bicyclic) bond motifs is 6. The quantitative estimate of drug-likeness (QED) is 0.290. The second-order valence-corrected chi connectivity index (χ2v) is 8.27. The second kappa shape index (κ2) is 6.60. The van der Waals surface area contributed by atoms with Crippen LogP contribution in [0.15, 0.2) is 103 Å². The Morgan fingerprint density at radius 1 is 0.438 bits per heavy atom. The number of hydrogen-bond acceptors (Lipinski definition) is 0. The lowest BCUT2D eigenvalue weighted by Gasteiger charge is -2.12. The Morgan fingerprint density at radius 2 is 0.969 bits per heavy atom. The summed E-state index contributed by atoms with van der Waals surface area (Å²) in [5.41, 5.74) is 9.44. The first kappa shape index (κ1) is 17.4. The minimum atomic E-state index is 1.16. The van der Waals surface area contributed by atoms with Crippen molar-refractivity contribution in [3.63, 3.8) is 0 Å². The number of aromatic nitrogens is 2. The number of benzene rings is 5. The summed E-state index contributed by atoms with van der Waals surface area (Å²) >= 11 is 0. The van der Waals surface area contributed by atoms with Gasteiger partial charge in [-0.3, -0.25) is 0 Å². The van der Waals surface area contributed by atoms with Gasteiger partial charge in [0.1, 0.15) is 0 Å². The molecule has 0 amide bonds. The third-order valence-electron chi connectivity index (χ3n) is 6.53. The Labute approximate surface area is 185 Å². The highest BCUT2D eigenvalue weighted by atomic mass is 14.7. The molecule has 2 heterocycles. The van der Waals surface area contributed by atoms with Gasteiger partial charge in [0.25, 0.3) is 0 Å². The summed E-state index contributed by atoms with van der Waals surface area (Å²) in [4.78, 5) is 7.33. The first-order chi connectivity index (χ1) is 15.9. The molecule has 0 spiro atoms. The van der Waals surface area contributed by atoms with E-state index in [0.717, 1.165) is 11.0 Å². The summed E-state index contributed by atoms with van der Waals surface area (Å²) in [6.45, 7) is 0. The Balaban J connectivity index is 1.55. The molecule has 0 saturated heterocycles. The van der Waals surface area contributed by atoms with Gasteiger partial charge in [-0.15, -0.1) is 0 Å². The van der Waals surface area contributed by atoms with Crippen molar-refractivity contribution in [1.82, 2.24) is 9.97 Å². The fourth-order valence-corrected chi connectivity index (χ4v) is 5.08. The highest BCUT2D eigenvalue weighted by Gasteiger charge is 2.16. The van der Waals surface area contributed by atoms with Gasteiger partial charge >= 0.3 is 0 Å². The van der Waals surface area contributed by atoms with Crippen molar-refractivity contribution in [2.45, 2.75) is 0 Å². The average molecular weight is 407 g/mol. The van der Waals surface area contributed by atoms with E-state index in [9.17, 15) is 0 Å². The standard InChI is InChI=1S/C30H19N2/c1-2-10-20(24-14-8-16-26-22-12-4-6-18-28(22)32-30(24)26)19(9-1)23-13-7-15-25-21-11-3-5-17-27(21)31-29(23)25/h1,3-18,31-32H. The first-order valence-corrected chi connectivity index (χ1v) is 10.9. The van der Waals surface area contributed by atoms with E-state index in [1.807, 2.05) is 6.07 Å². The third kappa shape index (κ3) is 2.41. The monoisotopic (exact) mass is 407 g/mol. The van der Waals surface area contributed by atoms with E-state index < -0.39 is 0 Å². The molecule has 0 atom stereocenters. The molecule has 2 heteroatoms. The van der Waals surface area contributed by atoms with Crippen molar-refractivity contribution in [3.8, 4) is 22.3 Å². The van der Waals surface area contributed by atoms with Gasteiger partial charge in [0, 0.05) is 43.7 Å². The molecule has 0 fully saturated rings. The zero-order valence-electron chi connectivity index (χ0n) is 17.3. The maximum absolute atomic E-state index is 3.66. The van der Waals surface area contributed by atoms with Crippen LogP contribution in [-0.2, 0) is 0 Å². The molecule has 0 aliphatic heterocycles. The number of rotatable bonds is 2. The summed E-state index contributed by atoms with van der Waals surface area (Å²) in [6, 6.07) is 39.7. The van der Waals surface area contributed by atoms with Crippen LogP contribution in [0.5, 0.6) is 0 Å². The third-order valence-corrected chi connectivity index (χ3v) is 6.53. The molecule has 7 rings (SSSR count). The highest BCUT2D eigenvalue weighted by molar-refractivity contribution is 6.15. The van der Waals surface area contributed by atoms with Crippen molar-refractivity contribution in [3.05, 3.63) is 109 Å². The normalized spacial score (nSPS) is 11.8. The number of aromatic amines is 2. The zero-order valence-corrected chi connectivity index (χ0v) is 17.3. The topological polar surface area (TPSA) is 31.6 Å². The molecule has 2 N–H and O–H groups in total. The van der Waals surface area contributed by atoms with E-state index in [4.69, 9.17) is 0 Å². The predicted octanol–water partition coefficient (Wildman–Crippen LogP) is 8.09. The molecule has 2 aromatic heterocycles. The minimum Gasteiger partial charge on any atom is -0.354 e. The van der Waals surface area contributed by atoms with Gasteiger partial charge in [-0.1, -0.05) is 84.9 Å². The summed E-state index contributed by atoms with van der Waals surface area (Å²) in [6.07, 6.45) is 0. The van der Waals surface area contributed by atoms with E-state index in [1.165, 1.54) is 54.8 Å². The first-order valence-electron chi connectivity index (χ1n) is 10.9. The molecule has 7 aromatic rings. The van der Waals surface area contributed by atoms with Crippen LogP contribution in [0.25, 0.3) is 65.9 Å². The number of nitrogens with one attached hydrogen (secondary N) is 2.